The molecular formula is C14H26N2. The van der Waals surface area contributed by atoms with Crippen LogP contribution in [0, 0.1) is 5.41 Å². The van der Waals surface area contributed by atoms with Gasteiger partial charge in [0.1, 0.15) is 0 Å². The summed E-state index contributed by atoms with van der Waals surface area (Å²) in [7, 11) is 0. The summed E-state index contributed by atoms with van der Waals surface area (Å²) < 4.78 is 2.29. The normalized spacial score (nSPS) is 12.4. The average molecular weight is 222 g/mol. The Labute approximate surface area is 100 Å². The molecule has 0 radical (unpaired) electrons. The number of aromatic nitrogens is 1. The van der Waals surface area contributed by atoms with Gasteiger partial charge in [0, 0.05) is 31.5 Å². The first-order valence-electron chi connectivity index (χ1n) is 6.25. The average Bonchev–Trinajstić information content (AvgIpc) is 2.58. The van der Waals surface area contributed by atoms with Gasteiger partial charge in [-0.15, -0.1) is 0 Å². The van der Waals surface area contributed by atoms with E-state index in [9.17, 15) is 0 Å². The molecule has 2 nitrogen and oxygen atoms in total. The van der Waals surface area contributed by atoms with Crippen molar-refractivity contribution in [2.75, 3.05) is 0 Å². The van der Waals surface area contributed by atoms with E-state index in [1.54, 1.807) is 0 Å². The molecule has 0 fully saturated rings. The van der Waals surface area contributed by atoms with Gasteiger partial charge in [-0.2, -0.15) is 0 Å². The van der Waals surface area contributed by atoms with Gasteiger partial charge in [-0.3, -0.25) is 0 Å². The lowest BCUT2D eigenvalue weighted by Crippen LogP contribution is -2.21. The molecule has 0 aliphatic rings. The summed E-state index contributed by atoms with van der Waals surface area (Å²) >= 11 is 0. The van der Waals surface area contributed by atoms with Crippen molar-refractivity contribution in [1.29, 1.82) is 0 Å². The van der Waals surface area contributed by atoms with Crippen LogP contribution in [0.1, 0.15) is 46.6 Å². The van der Waals surface area contributed by atoms with Crippen molar-refractivity contribution >= 4 is 0 Å². The summed E-state index contributed by atoms with van der Waals surface area (Å²) in [6.07, 6.45) is 5.66. The van der Waals surface area contributed by atoms with Crippen molar-refractivity contribution in [3.8, 4) is 0 Å². The quantitative estimate of drug-likeness (QED) is 0.807. The van der Waals surface area contributed by atoms with Crippen LogP contribution in [-0.2, 0) is 13.1 Å². The van der Waals surface area contributed by atoms with Crippen LogP contribution in [-0.4, -0.2) is 10.6 Å². The number of aryl methyl sites for hydroxylation is 1. The predicted octanol–water partition coefficient (Wildman–Crippen LogP) is 3.42. The summed E-state index contributed by atoms with van der Waals surface area (Å²) in [5.74, 6) is 0. The topological polar surface area (TPSA) is 17.0 Å². The Bertz CT molecular complexity index is 305. The zero-order chi connectivity index (χ0) is 12.2. The van der Waals surface area contributed by atoms with Crippen molar-refractivity contribution in [1.82, 2.24) is 9.88 Å². The van der Waals surface area contributed by atoms with E-state index in [0.29, 0.717) is 11.5 Å². The second-order valence-electron chi connectivity index (χ2n) is 6.10. The van der Waals surface area contributed by atoms with Gasteiger partial charge in [0.2, 0.25) is 0 Å². The highest BCUT2D eigenvalue weighted by Crippen LogP contribution is 2.19. The molecule has 0 bridgehead atoms. The minimum absolute atomic E-state index is 0.417. The molecule has 1 aromatic rings. The predicted molar refractivity (Wildman–Crippen MR) is 70.5 cm³/mol. The maximum absolute atomic E-state index is 3.43. The van der Waals surface area contributed by atoms with Crippen molar-refractivity contribution in [3.05, 3.63) is 24.0 Å². The fourth-order valence-electron chi connectivity index (χ4n) is 1.52. The van der Waals surface area contributed by atoms with Crippen LogP contribution < -0.4 is 5.32 Å². The van der Waals surface area contributed by atoms with Crippen LogP contribution in [0.2, 0.25) is 0 Å². The van der Waals surface area contributed by atoms with Gasteiger partial charge < -0.3 is 9.88 Å². The Morgan fingerprint density at radius 2 is 2.00 bits per heavy atom. The first kappa shape index (κ1) is 13.3. The van der Waals surface area contributed by atoms with E-state index in [1.165, 1.54) is 12.0 Å². The Morgan fingerprint density at radius 1 is 1.31 bits per heavy atom. The molecule has 0 aromatic carbocycles. The third-order valence-corrected chi connectivity index (χ3v) is 2.65. The van der Waals surface area contributed by atoms with E-state index in [0.717, 1.165) is 13.1 Å². The molecule has 0 unspecified atom stereocenters. The van der Waals surface area contributed by atoms with E-state index < -0.39 is 0 Å². The molecule has 0 spiro atoms. The first-order valence-corrected chi connectivity index (χ1v) is 6.25. The van der Waals surface area contributed by atoms with Gasteiger partial charge in [0.15, 0.2) is 0 Å². The van der Waals surface area contributed by atoms with Crippen LogP contribution in [0.5, 0.6) is 0 Å². The SMILES string of the molecule is CC(C)NCc1ccn(CCC(C)(C)C)c1. The Balaban J connectivity index is 2.39. The second kappa shape index (κ2) is 5.53. The van der Waals surface area contributed by atoms with Crippen molar-refractivity contribution in [2.45, 2.75) is 60.2 Å². The third-order valence-electron chi connectivity index (χ3n) is 2.65. The molecule has 0 amide bonds. The zero-order valence-corrected chi connectivity index (χ0v) is 11.4. The molecule has 1 N–H and O–H groups in total. The van der Waals surface area contributed by atoms with Crippen molar-refractivity contribution in [2.24, 2.45) is 5.41 Å². The smallest absolute Gasteiger partial charge is 0.0224 e. The largest absolute Gasteiger partial charge is 0.354 e. The molecule has 0 atom stereocenters. The van der Waals surface area contributed by atoms with E-state index in [4.69, 9.17) is 0 Å². The monoisotopic (exact) mass is 222 g/mol. The molecule has 2 heteroatoms. The molecule has 16 heavy (non-hydrogen) atoms. The lowest BCUT2D eigenvalue weighted by molar-refractivity contribution is 0.350. The Kier molecular flexibility index (Phi) is 4.60. The lowest BCUT2D eigenvalue weighted by atomic mass is 9.92. The maximum atomic E-state index is 3.43. The highest BCUT2D eigenvalue weighted by atomic mass is 14.9. The molecule has 1 rings (SSSR count). The second-order valence-corrected chi connectivity index (χ2v) is 6.10. The van der Waals surface area contributed by atoms with Crippen LogP contribution in [0.15, 0.2) is 18.5 Å². The molecule has 1 aromatic heterocycles. The third kappa shape index (κ3) is 5.36. The van der Waals surface area contributed by atoms with Crippen LogP contribution in [0.25, 0.3) is 0 Å². The molecule has 0 aliphatic heterocycles. The number of nitrogens with zero attached hydrogens (tertiary/aromatic N) is 1. The Hall–Kier alpha value is -0.760. The van der Waals surface area contributed by atoms with Crippen LogP contribution >= 0.6 is 0 Å². The lowest BCUT2D eigenvalue weighted by Gasteiger charge is -2.18. The minimum atomic E-state index is 0.417. The number of hydrogen-bond acceptors (Lipinski definition) is 1. The van der Waals surface area contributed by atoms with E-state index in [1.807, 2.05) is 0 Å². The summed E-state index contributed by atoms with van der Waals surface area (Å²) in [4.78, 5) is 0. The maximum Gasteiger partial charge on any atom is 0.0224 e. The number of rotatable bonds is 5. The highest BCUT2D eigenvalue weighted by molar-refractivity contribution is 5.10. The number of hydrogen-bond donors (Lipinski definition) is 1. The molecule has 92 valence electrons. The standard InChI is InChI=1S/C14H26N2/c1-12(2)15-10-13-6-8-16(11-13)9-7-14(3,4)5/h6,8,11-12,15H,7,9-10H2,1-5H3. The van der Waals surface area contributed by atoms with Crippen molar-refractivity contribution in [3.63, 3.8) is 0 Å². The van der Waals surface area contributed by atoms with Crippen LogP contribution in [0.4, 0.5) is 0 Å². The Morgan fingerprint density at radius 3 is 2.56 bits per heavy atom. The van der Waals surface area contributed by atoms with E-state index >= 15 is 0 Å². The van der Waals surface area contributed by atoms with Crippen molar-refractivity contribution < 1.29 is 0 Å². The fraction of sp³-hybridized carbons (Fsp3) is 0.714. The number of nitrogens with one attached hydrogen (secondary N) is 1. The minimum Gasteiger partial charge on any atom is -0.354 e. The summed E-state index contributed by atoms with van der Waals surface area (Å²) in [5, 5.41) is 3.43. The molecule has 0 saturated carbocycles. The molecule has 0 aliphatic carbocycles. The first-order chi connectivity index (χ1) is 7.37. The van der Waals surface area contributed by atoms with E-state index in [-0.39, 0.29) is 0 Å². The summed E-state index contributed by atoms with van der Waals surface area (Å²) in [6, 6.07) is 2.76. The van der Waals surface area contributed by atoms with Gasteiger partial charge >= 0.3 is 0 Å². The fourth-order valence-corrected chi connectivity index (χ4v) is 1.52. The van der Waals surface area contributed by atoms with Gasteiger partial charge in [0.25, 0.3) is 0 Å². The zero-order valence-electron chi connectivity index (χ0n) is 11.4. The molecular weight excluding hydrogens is 196 g/mol. The van der Waals surface area contributed by atoms with Gasteiger partial charge in [-0.05, 0) is 23.5 Å². The van der Waals surface area contributed by atoms with E-state index in [2.05, 4.69) is 63.0 Å². The highest BCUT2D eigenvalue weighted by Gasteiger charge is 2.09. The molecule has 1 heterocycles. The summed E-state index contributed by atoms with van der Waals surface area (Å²) in [6.45, 7) is 13.3. The van der Waals surface area contributed by atoms with Crippen LogP contribution in [0.3, 0.4) is 0 Å². The van der Waals surface area contributed by atoms with Gasteiger partial charge in [-0.25, -0.2) is 0 Å². The molecule has 0 saturated heterocycles. The summed E-state index contributed by atoms with van der Waals surface area (Å²) in [5.41, 5.74) is 1.79. The van der Waals surface area contributed by atoms with Gasteiger partial charge in [0.05, 0.1) is 0 Å². The van der Waals surface area contributed by atoms with Gasteiger partial charge in [-0.1, -0.05) is 34.6 Å².